The van der Waals surface area contributed by atoms with Gasteiger partial charge in [-0.25, -0.2) is 9.78 Å². The van der Waals surface area contributed by atoms with Crippen LogP contribution in [0.4, 0.5) is 15.0 Å². The number of carbonyl (C=O) groups excluding carboxylic acids is 2. The number of piperazine rings is 1. The summed E-state index contributed by atoms with van der Waals surface area (Å²) in [7, 11) is 3.30. The fraction of sp³-hybridized carbons (Fsp3) is 0.300. The summed E-state index contributed by atoms with van der Waals surface area (Å²) in [5.41, 5.74) is 2.18. The Bertz CT molecular complexity index is 997. The van der Waals surface area contributed by atoms with Gasteiger partial charge in [0.1, 0.15) is 11.9 Å². The summed E-state index contributed by atoms with van der Waals surface area (Å²) in [6.07, 6.45) is 0.184. The molecule has 9 heteroatoms. The first kappa shape index (κ1) is 20.6. The Kier molecular flexibility index (Phi) is 5.99. The number of halogens is 2. The van der Waals surface area contributed by atoms with Crippen molar-refractivity contribution in [1.82, 2.24) is 14.8 Å². The molecule has 2 aromatic rings. The number of anilines is 1. The Morgan fingerprint density at radius 1 is 1.17 bits per heavy atom. The van der Waals surface area contributed by atoms with Crippen molar-refractivity contribution in [2.45, 2.75) is 0 Å². The zero-order valence-corrected chi connectivity index (χ0v) is 16.8. The highest BCUT2D eigenvalue weighted by molar-refractivity contribution is 6.34. The van der Waals surface area contributed by atoms with E-state index in [0.717, 1.165) is 10.5 Å². The van der Waals surface area contributed by atoms with Crippen LogP contribution in [0, 0.1) is 11.3 Å². The van der Waals surface area contributed by atoms with Gasteiger partial charge in [-0.15, -0.1) is 4.39 Å². The lowest BCUT2D eigenvalue weighted by Gasteiger charge is -2.34. The number of pyridine rings is 1. The van der Waals surface area contributed by atoms with Crippen molar-refractivity contribution in [3.63, 3.8) is 0 Å². The summed E-state index contributed by atoms with van der Waals surface area (Å²) < 4.78 is 12.8. The highest BCUT2D eigenvalue weighted by atomic mass is 35.5. The summed E-state index contributed by atoms with van der Waals surface area (Å²) in [6, 6.07) is 8.92. The van der Waals surface area contributed by atoms with Gasteiger partial charge in [-0.2, -0.15) is 5.26 Å². The van der Waals surface area contributed by atoms with E-state index < -0.39 is 6.16 Å². The van der Waals surface area contributed by atoms with Crippen LogP contribution in [0.5, 0.6) is 0 Å². The maximum Gasteiger partial charge on any atom is 0.400 e. The SMILES string of the molecule is CN(C)C(=O)c1ccc(-c2cnc(N3CCN(C(=O)F)CC3)c(C#N)c2)cc1Cl. The van der Waals surface area contributed by atoms with E-state index in [1.54, 1.807) is 44.6 Å². The number of rotatable bonds is 3. The molecule has 2 amide bonds. The van der Waals surface area contributed by atoms with Crippen molar-refractivity contribution < 1.29 is 14.0 Å². The summed E-state index contributed by atoms with van der Waals surface area (Å²) in [4.78, 5) is 31.8. The first-order valence-corrected chi connectivity index (χ1v) is 9.30. The van der Waals surface area contributed by atoms with E-state index in [4.69, 9.17) is 11.6 Å². The van der Waals surface area contributed by atoms with Crippen molar-refractivity contribution >= 4 is 29.5 Å². The fourth-order valence-corrected chi connectivity index (χ4v) is 3.41. The van der Waals surface area contributed by atoms with Gasteiger partial charge in [-0.3, -0.25) is 4.79 Å². The number of hydrogen-bond acceptors (Lipinski definition) is 5. The van der Waals surface area contributed by atoms with Gasteiger partial charge in [0.15, 0.2) is 0 Å². The largest absolute Gasteiger partial charge is 0.400 e. The molecule has 0 N–H and O–H groups in total. The van der Waals surface area contributed by atoms with Crippen LogP contribution in [0.3, 0.4) is 0 Å². The molecule has 7 nitrogen and oxygen atoms in total. The van der Waals surface area contributed by atoms with Crippen LogP contribution in [-0.4, -0.2) is 67.1 Å². The molecule has 1 aromatic heterocycles. The molecule has 0 unspecified atom stereocenters. The number of nitrogens with zero attached hydrogens (tertiary/aromatic N) is 5. The Morgan fingerprint density at radius 2 is 1.86 bits per heavy atom. The average molecular weight is 416 g/mol. The van der Waals surface area contributed by atoms with E-state index in [1.807, 2.05) is 4.90 Å². The Labute approximate surface area is 172 Å². The summed E-state index contributed by atoms with van der Waals surface area (Å²) >= 11 is 6.28. The third-order valence-corrected chi connectivity index (χ3v) is 5.07. The highest BCUT2D eigenvalue weighted by Crippen LogP contribution is 2.29. The maximum absolute atomic E-state index is 12.8. The van der Waals surface area contributed by atoms with Crippen LogP contribution >= 0.6 is 11.6 Å². The fourth-order valence-electron chi connectivity index (χ4n) is 3.15. The van der Waals surface area contributed by atoms with E-state index in [2.05, 4.69) is 11.1 Å². The molecule has 0 bridgehead atoms. The number of carbonyl (C=O) groups is 2. The first-order chi connectivity index (χ1) is 13.8. The van der Waals surface area contributed by atoms with Crippen LogP contribution in [-0.2, 0) is 0 Å². The van der Waals surface area contributed by atoms with Gasteiger partial charge < -0.3 is 14.7 Å². The lowest BCUT2D eigenvalue weighted by molar-refractivity contribution is 0.0827. The molecule has 1 saturated heterocycles. The molecule has 0 saturated carbocycles. The zero-order valence-electron chi connectivity index (χ0n) is 16.0. The molecule has 0 spiro atoms. The Balaban J connectivity index is 1.86. The van der Waals surface area contributed by atoms with E-state index in [0.29, 0.717) is 40.6 Å². The second-order valence-electron chi connectivity index (χ2n) is 6.83. The molecule has 0 radical (unpaired) electrons. The molecular weight excluding hydrogens is 397 g/mol. The molecule has 150 valence electrons. The predicted molar refractivity (Wildman–Crippen MR) is 108 cm³/mol. The molecule has 3 rings (SSSR count). The van der Waals surface area contributed by atoms with Gasteiger partial charge >= 0.3 is 6.16 Å². The number of hydrogen-bond donors (Lipinski definition) is 0. The standard InChI is InChI=1S/C20H19ClFN5O2/c1-25(2)19(28)16-4-3-13(10-17(16)21)15-9-14(11-23)18(24-12-15)26-5-7-27(8-6-26)20(22)29/h3-4,9-10,12H,5-8H2,1-2H3. The van der Waals surface area contributed by atoms with Crippen LogP contribution in [0.2, 0.25) is 5.02 Å². The van der Waals surface area contributed by atoms with Gasteiger partial charge in [0, 0.05) is 52.0 Å². The van der Waals surface area contributed by atoms with Gasteiger partial charge in [0.05, 0.1) is 16.1 Å². The summed E-state index contributed by atoms with van der Waals surface area (Å²) in [5.74, 6) is 0.298. The van der Waals surface area contributed by atoms with Gasteiger partial charge in [-0.05, 0) is 23.8 Å². The average Bonchev–Trinajstić information content (AvgIpc) is 2.72. The minimum absolute atomic E-state index is 0.196. The maximum atomic E-state index is 12.8. The lowest BCUT2D eigenvalue weighted by Crippen LogP contribution is -2.48. The molecule has 1 aliphatic rings. The van der Waals surface area contributed by atoms with Crippen molar-refractivity contribution in [2.24, 2.45) is 0 Å². The second kappa shape index (κ2) is 8.45. The van der Waals surface area contributed by atoms with Gasteiger partial charge in [-0.1, -0.05) is 17.7 Å². The summed E-state index contributed by atoms with van der Waals surface area (Å²) in [6.45, 7) is 1.26. The minimum atomic E-state index is -1.44. The monoisotopic (exact) mass is 415 g/mol. The lowest BCUT2D eigenvalue weighted by atomic mass is 10.0. The number of nitriles is 1. The van der Waals surface area contributed by atoms with Crippen molar-refractivity contribution in [3.8, 4) is 17.2 Å². The Hall–Kier alpha value is -3.18. The number of benzene rings is 1. The van der Waals surface area contributed by atoms with Crippen molar-refractivity contribution in [1.29, 1.82) is 5.26 Å². The minimum Gasteiger partial charge on any atom is -0.352 e. The third kappa shape index (κ3) is 4.30. The topological polar surface area (TPSA) is 80.5 Å². The van der Waals surface area contributed by atoms with Crippen molar-refractivity contribution in [3.05, 3.63) is 46.6 Å². The molecular formula is C20H19ClFN5O2. The summed E-state index contributed by atoms with van der Waals surface area (Å²) in [5, 5.41) is 9.89. The normalized spacial score (nSPS) is 13.8. The zero-order chi connectivity index (χ0) is 21.1. The number of aromatic nitrogens is 1. The molecule has 2 heterocycles. The van der Waals surface area contributed by atoms with Crippen LogP contribution < -0.4 is 4.90 Å². The third-order valence-electron chi connectivity index (χ3n) is 4.75. The predicted octanol–water partition coefficient (Wildman–Crippen LogP) is 3.19. The molecule has 1 aromatic carbocycles. The van der Waals surface area contributed by atoms with Gasteiger partial charge in [0.25, 0.3) is 5.91 Å². The van der Waals surface area contributed by atoms with E-state index in [1.165, 1.54) is 4.90 Å². The molecule has 1 aliphatic heterocycles. The first-order valence-electron chi connectivity index (χ1n) is 8.93. The highest BCUT2D eigenvalue weighted by Gasteiger charge is 2.23. The molecule has 1 fully saturated rings. The smallest absolute Gasteiger partial charge is 0.352 e. The quantitative estimate of drug-likeness (QED) is 0.568. The van der Waals surface area contributed by atoms with Crippen molar-refractivity contribution in [2.75, 3.05) is 45.2 Å². The van der Waals surface area contributed by atoms with Crippen LogP contribution in [0.25, 0.3) is 11.1 Å². The molecule has 0 aliphatic carbocycles. The second-order valence-corrected chi connectivity index (χ2v) is 7.24. The molecule has 0 atom stereocenters. The van der Waals surface area contributed by atoms with E-state index in [-0.39, 0.29) is 19.0 Å². The number of amides is 2. The Morgan fingerprint density at radius 3 is 2.41 bits per heavy atom. The van der Waals surface area contributed by atoms with Crippen LogP contribution in [0.1, 0.15) is 15.9 Å². The molecule has 29 heavy (non-hydrogen) atoms. The van der Waals surface area contributed by atoms with E-state index in [9.17, 15) is 19.2 Å². The van der Waals surface area contributed by atoms with E-state index >= 15 is 0 Å². The van der Waals surface area contributed by atoms with Gasteiger partial charge in [0.2, 0.25) is 0 Å². The van der Waals surface area contributed by atoms with Crippen LogP contribution in [0.15, 0.2) is 30.5 Å².